The van der Waals surface area contributed by atoms with Crippen molar-refractivity contribution in [3.05, 3.63) is 71.4 Å². The average molecular weight is 327 g/mol. The van der Waals surface area contributed by atoms with E-state index in [1.54, 1.807) is 12.1 Å². The Bertz CT molecular complexity index is 957. The maximum atomic E-state index is 8.89. The van der Waals surface area contributed by atoms with Gasteiger partial charge in [0.25, 0.3) is 0 Å². The van der Waals surface area contributed by atoms with Crippen LogP contribution in [0.4, 0.5) is 23.1 Å². The minimum Gasteiger partial charge on any atom is -0.326 e. The Morgan fingerprint density at radius 3 is 2.68 bits per heavy atom. The molecule has 2 heterocycles. The number of nitriles is 1. The predicted octanol–water partition coefficient (Wildman–Crippen LogP) is 4.09. The lowest BCUT2D eigenvalue weighted by Gasteiger charge is -2.19. The molecule has 2 aromatic carbocycles. The summed E-state index contributed by atoms with van der Waals surface area (Å²) in [6, 6.07) is 19.8. The summed E-state index contributed by atoms with van der Waals surface area (Å²) in [7, 11) is 0. The van der Waals surface area contributed by atoms with Crippen LogP contribution >= 0.6 is 0 Å². The summed E-state index contributed by atoms with van der Waals surface area (Å²) < 4.78 is 0. The molecule has 0 amide bonds. The first-order valence-electron chi connectivity index (χ1n) is 8.21. The maximum absolute atomic E-state index is 8.89. The number of para-hydroxylation sites is 1. The molecule has 0 saturated heterocycles. The summed E-state index contributed by atoms with van der Waals surface area (Å²) in [6.07, 6.45) is 1.03. The Hall–Kier alpha value is -3.39. The van der Waals surface area contributed by atoms with Crippen molar-refractivity contribution >= 4 is 23.1 Å². The maximum Gasteiger partial charge on any atom is 0.229 e. The van der Waals surface area contributed by atoms with Crippen molar-refractivity contribution in [3.63, 3.8) is 0 Å². The smallest absolute Gasteiger partial charge is 0.229 e. The first-order chi connectivity index (χ1) is 12.2. The Kier molecular flexibility index (Phi) is 3.79. The minimum atomic E-state index is 0.559. The Morgan fingerprint density at radius 2 is 1.88 bits per heavy atom. The first kappa shape index (κ1) is 15.2. The molecule has 0 fully saturated rings. The van der Waals surface area contributed by atoms with E-state index in [0.717, 1.165) is 30.2 Å². The second kappa shape index (κ2) is 6.25. The second-order valence-electron chi connectivity index (χ2n) is 6.04. The summed E-state index contributed by atoms with van der Waals surface area (Å²) >= 11 is 0. The van der Waals surface area contributed by atoms with E-state index in [9.17, 15) is 0 Å². The van der Waals surface area contributed by atoms with Crippen molar-refractivity contribution in [3.8, 4) is 6.07 Å². The van der Waals surface area contributed by atoms with E-state index in [0.29, 0.717) is 11.5 Å². The Balaban J connectivity index is 1.64. The SMILES string of the molecule is Cc1cc(N2CCc3ccccc32)nc(Nc2ccc(C#N)cc2)n1. The van der Waals surface area contributed by atoms with Crippen molar-refractivity contribution < 1.29 is 0 Å². The van der Waals surface area contributed by atoms with Gasteiger partial charge in [0.15, 0.2) is 0 Å². The Morgan fingerprint density at radius 1 is 1.08 bits per heavy atom. The van der Waals surface area contributed by atoms with Crippen molar-refractivity contribution in [1.29, 1.82) is 5.26 Å². The van der Waals surface area contributed by atoms with E-state index in [1.807, 2.05) is 25.1 Å². The summed E-state index contributed by atoms with van der Waals surface area (Å²) in [6.45, 7) is 2.89. The molecule has 122 valence electrons. The fourth-order valence-corrected chi connectivity index (χ4v) is 3.08. The quantitative estimate of drug-likeness (QED) is 0.785. The molecule has 0 radical (unpaired) electrons. The van der Waals surface area contributed by atoms with Crippen LogP contribution < -0.4 is 10.2 Å². The lowest BCUT2D eigenvalue weighted by atomic mass is 10.2. The van der Waals surface area contributed by atoms with Crippen LogP contribution in [0.2, 0.25) is 0 Å². The van der Waals surface area contributed by atoms with Gasteiger partial charge in [0.05, 0.1) is 11.6 Å². The van der Waals surface area contributed by atoms with Crippen molar-refractivity contribution in [2.75, 3.05) is 16.8 Å². The third-order valence-corrected chi connectivity index (χ3v) is 4.27. The summed E-state index contributed by atoms with van der Waals surface area (Å²) in [5.74, 6) is 1.46. The molecule has 3 aromatic rings. The molecule has 1 aliphatic heterocycles. The molecular weight excluding hydrogens is 310 g/mol. The average Bonchev–Trinajstić information content (AvgIpc) is 3.06. The van der Waals surface area contributed by atoms with Crippen LogP contribution in [0.25, 0.3) is 0 Å². The van der Waals surface area contributed by atoms with Crippen LogP contribution in [-0.2, 0) is 6.42 Å². The topological polar surface area (TPSA) is 64.8 Å². The van der Waals surface area contributed by atoms with Gasteiger partial charge in [-0.3, -0.25) is 0 Å². The van der Waals surface area contributed by atoms with Gasteiger partial charge in [0, 0.05) is 29.7 Å². The van der Waals surface area contributed by atoms with Gasteiger partial charge in [-0.1, -0.05) is 18.2 Å². The number of aromatic nitrogens is 2. The highest BCUT2D eigenvalue weighted by atomic mass is 15.2. The highest BCUT2D eigenvalue weighted by molar-refractivity contribution is 5.68. The number of nitrogens with one attached hydrogen (secondary N) is 1. The third-order valence-electron chi connectivity index (χ3n) is 4.27. The standard InChI is InChI=1S/C20H17N5/c1-14-12-19(25-11-10-16-4-2-3-5-18(16)25)24-20(22-14)23-17-8-6-15(13-21)7-9-17/h2-9,12H,10-11H2,1H3,(H,22,23,24). The minimum absolute atomic E-state index is 0.559. The van der Waals surface area contributed by atoms with E-state index in [4.69, 9.17) is 10.2 Å². The summed E-state index contributed by atoms with van der Waals surface area (Å²) in [5, 5.41) is 12.1. The molecule has 5 heteroatoms. The molecule has 0 atom stereocenters. The fraction of sp³-hybridized carbons (Fsp3) is 0.150. The molecule has 0 spiro atoms. The van der Waals surface area contributed by atoms with Crippen LogP contribution in [0.15, 0.2) is 54.6 Å². The van der Waals surface area contributed by atoms with Gasteiger partial charge in [0.2, 0.25) is 5.95 Å². The summed E-state index contributed by atoms with van der Waals surface area (Å²) in [4.78, 5) is 11.4. The van der Waals surface area contributed by atoms with Crippen LogP contribution in [0, 0.1) is 18.3 Å². The lowest BCUT2D eigenvalue weighted by molar-refractivity contribution is 0.959. The van der Waals surface area contributed by atoms with Crippen LogP contribution in [0.1, 0.15) is 16.8 Å². The Labute approximate surface area is 146 Å². The van der Waals surface area contributed by atoms with Gasteiger partial charge >= 0.3 is 0 Å². The van der Waals surface area contributed by atoms with E-state index in [2.05, 4.69) is 45.5 Å². The largest absolute Gasteiger partial charge is 0.326 e. The van der Waals surface area contributed by atoms with Gasteiger partial charge in [-0.25, -0.2) is 4.98 Å². The monoisotopic (exact) mass is 327 g/mol. The molecule has 4 rings (SSSR count). The zero-order valence-electron chi connectivity index (χ0n) is 13.9. The highest BCUT2D eigenvalue weighted by Gasteiger charge is 2.21. The number of nitrogens with zero attached hydrogens (tertiary/aromatic N) is 4. The van der Waals surface area contributed by atoms with Gasteiger partial charge in [-0.05, 0) is 49.2 Å². The van der Waals surface area contributed by atoms with E-state index < -0.39 is 0 Å². The van der Waals surface area contributed by atoms with Crippen LogP contribution in [-0.4, -0.2) is 16.5 Å². The predicted molar refractivity (Wildman–Crippen MR) is 98.4 cm³/mol. The van der Waals surface area contributed by atoms with Gasteiger partial charge in [0.1, 0.15) is 5.82 Å². The lowest BCUT2D eigenvalue weighted by Crippen LogP contribution is -2.16. The molecule has 5 nitrogen and oxygen atoms in total. The number of anilines is 4. The first-order valence-corrected chi connectivity index (χ1v) is 8.21. The molecule has 0 bridgehead atoms. The third kappa shape index (κ3) is 3.02. The molecule has 1 aliphatic rings. The van der Waals surface area contributed by atoms with Gasteiger partial charge in [-0.2, -0.15) is 10.2 Å². The second-order valence-corrected chi connectivity index (χ2v) is 6.04. The zero-order valence-corrected chi connectivity index (χ0v) is 13.9. The van der Waals surface area contributed by atoms with Crippen molar-refractivity contribution in [1.82, 2.24) is 9.97 Å². The van der Waals surface area contributed by atoms with Gasteiger partial charge in [-0.15, -0.1) is 0 Å². The number of benzene rings is 2. The molecular formula is C20H17N5. The molecule has 0 saturated carbocycles. The molecule has 25 heavy (non-hydrogen) atoms. The molecule has 0 aliphatic carbocycles. The van der Waals surface area contributed by atoms with Crippen LogP contribution in [0.3, 0.4) is 0 Å². The zero-order chi connectivity index (χ0) is 17.2. The van der Waals surface area contributed by atoms with E-state index in [-0.39, 0.29) is 0 Å². The number of hydrogen-bond donors (Lipinski definition) is 1. The number of rotatable bonds is 3. The van der Waals surface area contributed by atoms with E-state index in [1.165, 1.54) is 11.3 Å². The number of aryl methyl sites for hydroxylation is 1. The highest BCUT2D eigenvalue weighted by Crippen LogP contribution is 2.33. The normalized spacial score (nSPS) is 12.6. The van der Waals surface area contributed by atoms with Crippen LogP contribution in [0.5, 0.6) is 0 Å². The number of hydrogen-bond acceptors (Lipinski definition) is 5. The van der Waals surface area contributed by atoms with Crippen molar-refractivity contribution in [2.24, 2.45) is 0 Å². The van der Waals surface area contributed by atoms with Gasteiger partial charge < -0.3 is 10.2 Å². The number of fused-ring (bicyclic) bond motifs is 1. The molecule has 1 N–H and O–H groups in total. The molecule has 0 unspecified atom stereocenters. The molecule has 1 aromatic heterocycles. The van der Waals surface area contributed by atoms with E-state index >= 15 is 0 Å². The van der Waals surface area contributed by atoms with Crippen molar-refractivity contribution in [2.45, 2.75) is 13.3 Å². The summed E-state index contributed by atoms with van der Waals surface area (Å²) in [5.41, 5.74) is 4.96. The fourth-order valence-electron chi connectivity index (χ4n) is 3.08.